The molecule has 0 unspecified atom stereocenters. The van der Waals surface area contributed by atoms with E-state index < -0.39 is 0 Å². The molecule has 8 heteroatoms. The van der Waals surface area contributed by atoms with Gasteiger partial charge in [0.05, 0.1) is 38.1 Å². The van der Waals surface area contributed by atoms with Crippen LogP contribution >= 0.6 is 0 Å². The highest BCUT2D eigenvalue weighted by atomic mass is 16.5. The number of fused-ring (bicyclic) bond motifs is 3. The van der Waals surface area contributed by atoms with Gasteiger partial charge in [-0.15, -0.1) is 0 Å². The number of nitrogens with zero attached hydrogens (tertiary/aromatic N) is 3. The molecular formula is C20H21N5O3. The van der Waals surface area contributed by atoms with Crippen LogP contribution < -0.4 is 25.8 Å². The third-order valence-electron chi connectivity index (χ3n) is 4.72. The maximum absolute atomic E-state index is 6.10. The lowest BCUT2D eigenvalue weighted by Crippen LogP contribution is -2.05. The van der Waals surface area contributed by atoms with Crippen LogP contribution in [-0.4, -0.2) is 36.0 Å². The molecule has 2 aromatic heterocycles. The van der Waals surface area contributed by atoms with Crippen LogP contribution in [-0.2, 0) is 6.42 Å². The van der Waals surface area contributed by atoms with Crippen molar-refractivity contribution in [2.24, 2.45) is 0 Å². The van der Waals surface area contributed by atoms with Crippen molar-refractivity contribution in [3.05, 3.63) is 48.0 Å². The highest BCUT2D eigenvalue weighted by Crippen LogP contribution is 2.38. The topological polar surface area (TPSA) is 110 Å². The summed E-state index contributed by atoms with van der Waals surface area (Å²) in [6.07, 6.45) is 3.99. The average molecular weight is 379 g/mol. The Kier molecular flexibility index (Phi) is 4.31. The maximum atomic E-state index is 6.10. The van der Waals surface area contributed by atoms with Crippen LogP contribution in [0.25, 0.3) is 21.8 Å². The number of benzene rings is 2. The van der Waals surface area contributed by atoms with Gasteiger partial charge in [-0.25, -0.2) is 9.97 Å². The fraction of sp³-hybridized carbons (Fsp3) is 0.200. The normalized spacial score (nSPS) is 11.1. The first-order valence-electron chi connectivity index (χ1n) is 8.64. The van der Waals surface area contributed by atoms with Gasteiger partial charge in [0.15, 0.2) is 11.5 Å². The monoisotopic (exact) mass is 379 g/mol. The molecular weight excluding hydrogens is 358 g/mol. The molecule has 4 N–H and O–H groups in total. The van der Waals surface area contributed by atoms with E-state index in [4.69, 9.17) is 30.8 Å². The molecule has 0 aliphatic rings. The molecule has 0 aliphatic heterocycles. The Balaban J connectivity index is 1.76. The van der Waals surface area contributed by atoms with Gasteiger partial charge >= 0.3 is 0 Å². The molecule has 0 atom stereocenters. The smallest absolute Gasteiger partial charge is 0.203 e. The van der Waals surface area contributed by atoms with E-state index >= 15 is 0 Å². The number of anilines is 1. The first-order valence-corrected chi connectivity index (χ1v) is 8.64. The first-order chi connectivity index (χ1) is 13.5. The minimum atomic E-state index is 0.512. The van der Waals surface area contributed by atoms with E-state index in [1.807, 2.05) is 24.3 Å². The minimum absolute atomic E-state index is 0.512. The fourth-order valence-corrected chi connectivity index (χ4v) is 3.44. The molecule has 4 rings (SSSR count). The first kappa shape index (κ1) is 17.7. The van der Waals surface area contributed by atoms with Crippen LogP contribution in [0.2, 0.25) is 0 Å². The van der Waals surface area contributed by atoms with Crippen LogP contribution in [0.4, 0.5) is 5.69 Å². The summed E-state index contributed by atoms with van der Waals surface area (Å²) < 4.78 is 17.7. The quantitative estimate of drug-likeness (QED) is 0.513. The number of nitrogens with two attached hydrogens (primary N) is 2. The standard InChI is InChI=1S/C20H21N5O3/c1-26-16-6-11(7-17(27-2)20(16)28-3)8-18-23-9-12-14(24-18)4-5-15-19(12)13(21)10-25(15)22/h4-7,9-10H,8,21-22H2,1-3H3. The lowest BCUT2D eigenvalue weighted by atomic mass is 10.1. The summed E-state index contributed by atoms with van der Waals surface area (Å²) in [6.45, 7) is 0. The molecule has 4 aromatic rings. The molecule has 0 bridgehead atoms. The number of nitrogen functional groups attached to an aromatic ring is 2. The van der Waals surface area contributed by atoms with Crippen LogP contribution in [0.3, 0.4) is 0 Å². The predicted molar refractivity (Wildman–Crippen MR) is 109 cm³/mol. The zero-order valence-electron chi connectivity index (χ0n) is 15.9. The van der Waals surface area contributed by atoms with Crippen molar-refractivity contribution in [3.8, 4) is 17.2 Å². The molecule has 2 aromatic carbocycles. The minimum Gasteiger partial charge on any atom is -0.493 e. The van der Waals surface area contributed by atoms with Crippen LogP contribution in [0.5, 0.6) is 17.2 Å². The number of hydrogen-bond donors (Lipinski definition) is 2. The van der Waals surface area contributed by atoms with Gasteiger partial charge in [0, 0.05) is 29.6 Å². The van der Waals surface area contributed by atoms with E-state index in [9.17, 15) is 0 Å². The zero-order chi connectivity index (χ0) is 19.8. The Hall–Kier alpha value is -3.68. The van der Waals surface area contributed by atoms with Crippen molar-refractivity contribution in [2.45, 2.75) is 6.42 Å². The van der Waals surface area contributed by atoms with Gasteiger partial charge in [0.25, 0.3) is 0 Å². The van der Waals surface area contributed by atoms with Crippen LogP contribution in [0.15, 0.2) is 36.7 Å². The summed E-state index contributed by atoms with van der Waals surface area (Å²) in [4.78, 5) is 9.22. The second kappa shape index (κ2) is 6.80. The van der Waals surface area contributed by atoms with Crippen molar-refractivity contribution in [1.29, 1.82) is 0 Å². The number of rotatable bonds is 5. The summed E-state index contributed by atoms with van der Waals surface area (Å²) in [7, 11) is 4.76. The van der Waals surface area contributed by atoms with Crippen molar-refractivity contribution in [3.63, 3.8) is 0 Å². The highest BCUT2D eigenvalue weighted by molar-refractivity contribution is 6.11. The van der Waals surface area contributed by atoms with Gasteiger partial charge in [-0.1, -0.05) is 0 Å². The molecule has 8 nitrogen and oxygen atoms in total. The summed E-state index contributed by atoms with van der Waals surface area (Å²) in [5.41, 5.74) is 9.29. The maximum Gasteiger partial charge on any atom is 0.203 e. The van der Waals surface area contributed by atoms with Gasteiger partial charge in [-0.2, -0.15) is 0 Å². The van der Waals surface area contributed by atoms with Crippen molar-refractivity contribution >= 4 is 27.5 Å². The van der Waals surface area contributed by atoms with Gasteiger partial charge < -0.3 is 25.8 Å². The van der Waals surface area contributed by atoms with Gasteiger partial charge in [0.2, 0.25) is 5.75 Å². The van der Waals surface area contributed by atoms with E-state index in [0.717, 1.165) is 27.4 Å². The Morgan fingerprint density at radius 2 is 1.75 bits per heavy atom. The SMILES string of the molecule is COc1cc(Cc2ncc3c(ccc4c3c(N)cn4N)n2)cc(OC)c1OC. The Morgan fingerprint density at radius 3 is 2.39 bits per heavy atom. The number of methoxy groups -OCH3 is 3. The van der Waals surface area contributed by atoms with E-state index in [2.05, 4.69) is 4.98 Å². The fourth-order valence-electron chi connectivity index (χ4n) is 3.44. The average Bonchev–Trinajstić information content (AvgIpc) is 3.00. The molecule has 0 spiro atoms. The van der Waals surface area contributed by atoms with Crippen LogP contribution in [0.1, 0.15) is 11.4 Å². The number of ether oxygens (including phenoxy) is 3. The van der Waals surface area contributed by atoms with E-state index in [1.54, 1.807) is 33.7 Å². The zero-order valence-corrected chi connectivity index (χ0v) is 15.9. The second-order valence-electron chi connectivity index (χ2n) is 6.38. The van der Waals surface area contributed by atoms with Gasteiger partial charge in [-0.05, 0) is 29.8 Å². The molecule has 0 radical (unpaired) electrons. The molecule has 0 aliphatic carbocycles. The Bertz CT molecular complexity index is 1160. The van der Waals surface area contributed by atoms with E-state index in [0.29, 0.717) is 35.2 Å². The largest absolute Gasteiger partial charge is 0.493 e. The Morgan fingerprint density at radius 1 is 1.04 bits per heavy atom. The molecule has 0 fully saturated rings. The highest BCUT2D eigenvalue weighted by Gasteiger charge is 2.15. The van der Waals surface area contributed by atoms with E-state index in [-0.39, 0.29) is 0 Å². The van der Waals surface area contributed by atoms with Crippen molar-refractivity contribution in [2.75, 3.05) is 32.9 Å². The van der Waals surface area contributed by atoms with Gasteiger partial charge in [-0.3, -0.25) is 4.68 Å². The van der Waals surface area contributed by atoms with Gasteiger partial charge in [0.1, 0.15) is 5.82 Å². The summed E-state index contributed by atoms with van der Waals surface area (Å²) in [5.74, 6) is 8.35. The van der Waals surface area contributed by atoms with Crippen molar-refractivity contribution in [1.82, 2.24) is 14.6 Å². The summed E-state index contributed by atoms with van der Waals surface area (Å²) in [5, 5.41) is 1.73. The Labute approximate surface area is 161 Å². The molecule has 144 valence electrons. The molecule has 28 heavy (non-hydrogen) atoms. The predicted octanol–water partition coefficient (Wildman–Crippen LogP) is 2.50. The molecule has 0 saturated heterocycles. The summed E-state index contributed by atoms with van der Waals surface area (Å²) in [6, 6.07) is 7.61. The second-order valence-corrected chi connectivity index (χ2v) is 6.38. The molecule has 2 heterocycles. The molecule has 0 saturated carbocycles. The van der Waals surface area contributed by atoms with Crippen molar-refractivity contribution < 1.29 is 14.2 Å². The summed E-state index contributed by atoms with van der Waals surface area (Å²) >= 11 is 0. The molecule has 0 amide bonds. The lowest BCUT2D eigenvalue weighted by molar-refractivity contribution is 0.324. The lowest BCUT2D eigenvalue weighted by Gasteiger charge is -2.14. The van der Waals surface area contributed by atoms with Crippen LogP contribution in [0, 0.1) is 0 Å². The number of aromatic nitrogens is 3. The third kappa shape index (κ3) is 2.79. The number of hydrogen-bond acceptors (Lipinski definition) is 7. The third-order valence-corrected chi connectivity index (χ3v) is 4.72. The van der Waals surface area contributed by atoms with E-state index in [1.165, 1.54) is 4.68 Å².